The lowest BCUT2D eigenvalue weighted by molar-refractivity contribution is 0.0794. The molecule has 2 heterocycles. The van der Waals surface area contributed by atoms with Crippen molar-refractivity contribution in [3.63, 3.8) is 0 Å². The van der Waals surface area contributed by atoms with Crippen molar-refractivity contribution in [1.82, 2.24) is 4.90 Å². The van der Waals surface area contributed by atoms with Crippen molar-refractivity contribution >= 4 is 17.2 Å². The third kappa shape index (κ3) is 1.75. The molecule has 1 aromatic rings. The van der Waals surface area contributed by atoms with Crippen LogP contribution in [0.15, 0.2) is 0 Å². The van der Waals surface area contributed by atoms with Crippen LogP contribution in [0.4, 0.5) is 0 Å². The van der Waals surface area contributed by atoms with E-state index in [0.717, 1.165) is 49.4 Å². The number of carbonyl (C=O) groups is 1. The Morgan fingerprint density at radius 3 is 2.71 bits per heavy atom. The number of fused-ring (bicyclic) bond motifs is 1. The number of thiophene rings is 1. The SMILES string of the molecule is COc1c(C(=O)N2CCCC2)sc2c1CCC2. The van der Waals surface area contributed by atoms with Crippen LogP contribution in [0.2, 0.25) is 0 Å². The molecule has 3 nitrogen and oxygen atoms in total. The molecule has 1 aliphatic heterocycles. The quantitative estimate of drug-likeness (QED) is 0.808. The van der Waals surface area contributed by atoms with Crippen molar-refractivity contribution in [3.8, 4) is 5.75 Å². The average Bonchev–Trinajstić information content (AvgIpc) is 3.03. The van der Waals surface area contributed by atoms with E-state index in [1.807, 2.05) is 4.90 Å². The molecule has 0 saturated carbocycles. The standard InChI is InChI=1S/C13H17NO2S/c1-16-11-9-5-4-6-10(9)17-12(11)13(15)14-7-2-3-8-14/h2-8H2,1H3. The maximum atomic E-state index is 12.4. The summed E-state index contributed by atoms with van der Waals surface area (Å²) in [7, 11) is 1.68. The molecular formula is C13H17NO2S. The van der Waals surface area contributed by atoms with E-state index in [4.69, 9.17) is 4.74 Å². The second kappa shape index (κ2) is 4.33. The topological polar surface area (TPSA) is 29.5 Å². The van der Waals surface area contributed by atoms with Gasteiger partial charge in [0, 0.05) is 23.5 Å². The molecular weight excluding hydrogens is 234 g/mol. The Labute approximate surface area is 105 Å². The molecule has 0 radical (unpaired) electrons. The summed E-state index contributed by atoms with van der Waals surface area (Å²) in [5, 5.41) is 0. The molecule has 1 aliphatic carbocycles. The predicted octanol–water partition coefficient (Wildman–Crippen LogP) is 2.48. The second-order valence-electron chi connectivity index (χ2n) is 4.72. The summed E-state index contributed by atoms with van der Waals surface area (Å²) in [6.45, 7) is 1.81. The van der Waals surface area contributed by atoms with E-state index < -0.39 is 0 Å². The van der Waals surface area contributed by atoms with Gasteiger partial charge in [-0.25, -0.2) is 0 Å². The minimum Gasteiger partial charge on any atom is -0.495 e. The zero-order valence-electron chi connectivity index (χ0n) is 10.1. The van der Waals surface area contributed by atoms with Gasteiger partial charge >= 0.3 is 0 Å². The number of hydrogen-bond acceptors (Lipinski definition) is 3. The zero-order chi connectivity index (χ0) is 11.8. The predicted molar refractivity (Wildman–Crippen MR) is 68.0 cm³/mol. The van der Waals surface area contributed by atoms with Crippen LogP contribution >= 0.6 is 11.3 Å². The first-order chi connectivity index (χ1) is 8.31. The minimum atomic E-state index is 0.179. The first kappa shape index (κ1) is 11.1. The Hall–Kier alpha value is -1.03. The lowest BCUT2D eigenvalue weighted by atomic mass is 10.2. The van der Waals surface area contributed by atoms with E-state index in [-0.39, 0.29) is 5.91 Å². The molecule has 92 valence electrons. The van der Waals surface area contributed by atoms with E-state index in [1.54, 1.807) is 18.4 Å². The Kier molecular flexibility index (Phi) is 2.82. The highest BCUT2D eigenvalue weighted by Crippen LogP contribution is 2.41. The van der Waals surface area contributed by atoms with Gasteiger partial charge in [0.15, 0.2) is 0 Å². The number of methoxy groups -OCH3 is 1. The average molecular weight is 251 g/mol. The summed E-state index contributed by atoms with van der Waals surface area (Å²) in [5.41, 5.74) is 1.29. The molecule has 0 aromatic carbocycles. The summed E-state index contributed by atoms with van der Waals surface area (Å²) in [5.74, 6) is 1.04. The van der Waals surface area contributed by atoms with Gasteiger partial charge in [-0.1, -0.05) is 0 Å². The van der Waals surface area contributed by atoms with Gasteiger partial charge in [-0.05, 0) is 32.1 Å². The lowest BCUT2D eigenvalue weighted by Crippen LogP contribution is -2.27. The van der Waals surface area contributed by atoms with Gasteiger partial charge in [0.05, 0.1) is 7.11 Å². The molecule has 0 bridgehead atoms. The highest BCUT2D eigenvalue weighted by atomic mass is 32.1. The second-order valence-corrected chi connectivity index (χ2v) is 5.82. The number of nitrogens with zero attached hydrogens (tertiary/aromatic N) is 1. The first-order valence-electron chi connectivity index (χ1n) is 6.29. The van der Waals surface area contributed by atoms with Crippen molar-refractivity contribution in [1.29, 1.82) is 0 Å². The molecule has 4 heteroatoms. The van der Waals surface area contributed by atoms with E-state index in [2.05, 4.69) is 0 Å². The summed E-state index contributed by atoms with van der Waals surface area (Å²) < 4.78 is 5.47. The van der Waals surface area contributed by atoms with Gasteiger partial charge < -0.3 is 9.64 Å². The molecule has 0 unspecified atom stereocenters. The molecule has 2 aliphatic rings. The van der Waals surface area contributed by atoms with Crippen LogP contribution in [-0.2, 0) is 12.8 Å². The summed E-state index contributed by atoms with van der Waals surface area (Å²) in [4.78, 5) is 16.5. The Morgan fingerprint density at radius 2 is 2.00 bits per heavy atom. The van der Waals surface area contributed by atoms with Gasteiger partial charge in [0.2, 0.25) is 0 Å². The molecule has 1 amide bonds. The van der Waals surface area contributed by atoms with E-state index >= 15 is 0 Å². The maximum absolute atomic E-state index is 12.4. The molecule has 3 rings (SSSR count). The van der Waals surface area contributed by atoms with Crippen molar-refractivity contribution < 1.29 is 9.53 Å². The Morgan fingerprint density at radius 1 is 1.24 bits per heavy atom. The van der Waals surface area contributed by atoms with Gasteiger partial charge in [-0.3, -0.25) is 4.79 Å². The van der Waals surface area contributed by atoms with E-state index in [9.17, 15) is 4.79 Å². The lowest BCUT2D eigenvalue weighted by Gasteiger charge is -2.15. The molecule has 0 N–H and O–H groups in total. The number of hydrogen-bond donors (Lipinski definition) is 0. The minimum absolute atomic E-state index is 0.179. The smallest absolute Gasteiger partial charge is 0.267 e. The fraction of sp³-hybridized carbons (Fsp3) is 0.615. The van der Waals surface area contributed by atoms with Crippen molar-refractivity contribution in [2.75, 3.05) is 20.2 Å². The van der Waals surface area contributed by atoms with Crippen molar-refractivity contribution in [3.05, 3.63) is 15.3 Å². The zero-order valence-corrected chi connectivity index (χ0v) is 10.9. The molecule has 0 spiro atoms. The third-order valence-electron chi connectivity index (χ3n) is 3.66. The molecule has 0 atom stereocenters. The summed E-state index contributed by atoms with van der Waals surface area (Å²) in [6.07, 6.45) is 5.67. The first-order valence-corrected chi connectivity index (χ1v) is 7.10. The maximum Gasteiger partial charge on any atom is 0.267 e. The number of rotatable bonds is 2. The van der Waals surface area contributed by atoms with Gasteiger partial charge in [0.1, 0.15) is 10.6 Å². The number of likely N-dealkylation sites (tertiary alicyclic amines) is 1. The van der Waals surface area contributed by atoms with E-state index in [1.165, 1.54) is 16.9 Å². The Balaban J connectivity index is 1.94. The summed E-state index contributed by atoms with van der Waals surface area (Å²) >= 11 is 1.65. The monoisotopic (exact) mass is 251 g/mol. The number of amides is 1. The Bertz CT molecular complexity index is 447. The van der Waals surface area contributed by atoms with Gasteiger partial charge in [0.25, 0.3) is 5.91 Å². The van der Waals surface area contributed by atoms with E-state index in [0.29, 0.717) is 0 Å². The van der Waals surface area contributed by atoms with Gasteiger partial charge in [-0.15, -0.1) is 11.3 Å². The summed E-state index contributed by atoms with van der Waals surface area (Å²) in [6, 6.07) is 0. The molecule has 1 fully saturated rings. The highest BCUT2D eigenvalue weighted by Gasteiger charge is 2.29. The van der Waals surface area contributed by atoms with Gasteiger partial charge in [-0.2, -0.15) is 0 Å². The van der Waals surface area contributed by atoms with Crippen molar-refractivity contribution in [2.45, 2.75) is 32.1 Å². The van der Waals surface area contributed by atoms with Crippen LogP contribution in [0, 0.1) is 0 Å². The fourth-order valence-electron chi connectivity index (χ4n) is 2.80. The molecule has 17 heavy (non-hydrogen) atoms. The van der Waals surface area contributed by atoms with Crippen LogP contribution in [0.1, 0.15) is 39.4 Å². The van der Waals surface area contributed by atoms with Crippen LogP contribution < -0.4 is 4.74 Å². The number of carbonyl (C=O) groups excluding carboxylic acids is 1. The number of ether oxygens (including phenoxy) is 1. The fourth-order valence-corrected chi connectivity index (χ4v) is 4.12. The van der Waals surface area contributed by atoms with Crippen LogP contribution in [-0.4, -0.2) is 31.0 Å². The normalized spacial score (nSPS) is 18.5. The molecule has 1 saturated heterocycles. The van der Waals surface area contributed by atoms with Crippen LogP contribution in [0.25, 0.3) is 0 Å². The highest BCUT2D eigenvalue weighted by molar-refractivity contribution is 7.14. The third-order valence-corrected chi connectivity index (χ3v) is 4.93. The largest absolute Gasteiger partial charge is 0.495 e. The van der Waals surface area contributed by atoms with Crippen LogP contribution in [0.3, 0.4) is 0 Å². The number of aryl methyl sites for hydroxylation is 1. The molecule has 1 aromatic heterocycles. The van der Waals surface area contributed by atoms with Crippen molar-refractivity contribution in [2.24, 2.45) is 0 Å². The van der Waals surface area contributed by atoms with Crippen LogP contribution in [0.5, 0.6) is 5.75 Å².